The third-order valence-electron chi connectivity index (χ3n) is 3.02. The second-order valence-corrected chi connectivity index (χ2v) is 5.33. The van der Waals surface area contributed by atoms with Crippen molar-refractivity contribution < 1.29 is 14.3 Å². The van der Waals surface area contributed by atoms with Crippen molar-refractivity contribution in [2.24, 2.45) is 5.41 Å². The topological polar surface area (TPSA) is 80.9 Å². The number of aliphatic carboxylic acids is 1. The Bertz CT molecular complexity index is 652. The number of tetrazole rings is 1. The van der Waals surface area contributed by atoms with Crippen molar-refractivity contribution in [1.82, 2.24) is 20.2 Å². The van der Waals surface area contributed by atoms with Crippen LogP contribution in [0.5, 0.6) is 0 Å². The zero-order valence-electron chi connectivity index (χ0n) is 11.5. The first-order valence-electron chi connectivity index (χ1n) is 6.07. The van der Waals surface area contributed by atoms with Crippen LogP contribution in [0.15, 0.2) is 18.2 Å². The molecule has 0 aliphatic carbocycles. The lowest BCUT2D eigenvalue weighted by molar-refractivity contribution is -0.147. The van der Waals surface area contributed by atoms with Crippen molar-refractivity contribution in [2.75, 3.05) is 0 Å². The summed E-state index contributed by atoms with van der Waals surface area (Å²) < 4.78 is 15.2. The van der Waals surface area contributed by atoms with Gasteiger partial charge in [0.1, 0.15) is 5.82 Å². The summed E-state index contributed by atoms with van der Waals surface area (Å²) in [4.78, 5) is 11.2. The molecule has 1 heterocycles. The van der Waals surface area contributed by atoms with E-state index < -0.39 is 17.2 Å². The molecule has 106 valence electrons. The number of hydrogen-bond donors (Lipinski definition) is 1. The van der Waals surface area contributed by atoms with E-state index >= 15 is 0 Å². The van der Waals surface area contributed by atoms with Crippen LogP contribution in [0.3, 0.4) is 0 Å². The summed E-state index contributed by atoms with van der Waals surface area (Å²) >= 11 is 0. The van der Waals surface area contributed by atoms with Crippen molar-refractivity contribution in [3.63, 3.8) is 0 Å². The van der Waals surface area contributed by atoms with Gasteiger partial charge in [0, 0.05) is 0 Å². The molecule has 0 bridgehead atoms. The van der Waals surface area contributed by atoms with Gasteiger partial charge >= 0.3 is 5.97 Å². The van der Waals surface area contributed by atoms with Crippen molar-refractivity contribution in [2.45, 2.75) is 27.3 Å². The first-order chi connectivity index (χ1) is 9.31. The fraction of sp³-hybridized carbons (Fsp3) is 0.385. The zero-order chi connectivity index (χ0) is 14.9. The monoisotopic (exact) mass is 278 g/mol. The molecular formula is C13H15FN4O2. The molecule has 6 nitrogen and oxygen atoms in total. The Morgan fingerprint density at radius 1 is 1.45 bits per heavy atom. The minimum absolute atomic E-state index is 0.0536. The summed E-state index contributed by atoms with van der Waals surface area (Å²) in [6.45, 7) is 5.01. The highest BCUT2D eigenvalue weighted by molar-refractivity contribution is 5.73. The Morgan fingerprint density at radius 2 is 2.15 bits per heavy atom. The fourth-order valence-corrected chi connectivity index (χ4v) is 1.76. The predicted molar refractivity (Wildman–Crippen MR) is 69.4 cm³/mol. The predicted octanol–water partition coefficient (Wildman–Crippen LogP) is 1.90. The van der Waals surface area contributed by atoms with Crippen molar-refractivity contribution in [1.29, 1.82) is 0 Å². The van der Waals surface area contributed by atoms with Crippen LogP contribution in [-0.4, -0.2) is 31.3 Å². The molecule has 0 unspecified atom stereocenters. The molecule has 0 radical (unpaired) electrons. The first kappa shape index (κ1) is 14.1. The van der Waals surface area contributed by atoms with Gasteiger partial charge < -0.3 is 5.11 Å². The molecule has 0 saturated carbocycles. The van der Waals surface area contributed by atoms with Crippen LogP contribution in [0.4, 0.5) is 4.39 Å². The second-order valence-electron chi connectivity index (χ2n) is 5.33. The average molecular weight is 278 g/mol. The van der Waals surface area contributed by atoms with Gasteiger partial charge in [-0.25, -0.2) is 9.07 Å². The molecule has 0 aliphatic rings. The number of carboxylic acid groups (broad SMARTS) is 1. The molecule has 0 aliphatic heterocycles. The molecule has 2 aromatic rings. The molecule has 0 saturated heterocycles. The highest BCUT2D eigenvalue weighted by Crippen LogP contribution is 2.24. The highest BCUT2D eigenvalue weighted by Gasteiger charge is 2.30. The van der Waals surface area contributed by atoms with Gasteiger partial charge in [0.05, 0.1) is 17.5 Å². The number of hydrogen-bond acceptors (Lipinski definition) is 4. The van der Waals surface area contributed by atoms with E-state index in [1.54, 1.807) is 26.0 Å². The number of carbonyl (C=O) groups is 1. The maximum Gasteiger partial charge on any atom is 0.310 e. The lowest BCUT2D eigenvalue weighted by Gasteiger charge is -2.19. The Kier molecular flexibility index (Phi) is 3.52. The minimum Gasteiger partial charge on any atom is -0.481 e. The van der Waals surface area contributed by atoms with E-state index in [0.29, 0.717) is 0 Å². The summed E-state index contributed by atoms with van der Waals surface area (Å²) in [5.74, 6) is -1.19. The largest absolute Gasteiger partial charge is 0.481 e. The molecule has 1 N–H and O–H groups in total. The van der Waals surface area contributed by atoms with Gasteiger partial charge in [0.25, 0.3) is 0 Å². The quantitative estimate of drug-likeness (QED) is 0.923. The third-order valence-corrected chi connectivity index (χ3v) is 3.02. The highest BCUT2D eigenvalue weighted by atomic mass is 19.1. The Morgan fingerprint density at radius 3 is 2.80 bits per heavy atom. The Labute approximate surface area is 115 Å². The summed E-state index contributed by atoms with van der Waals surface area (Å²) in [5, 5.41) is 20.2. The first-order valence-corrected chi connectivity index (χ1v) is 6.07. The lowest BCUT2D eigenvalue weighted by Crippen LogP contribution is -2.30. The van der Waals surface area contributed by atoms with E-state index in [0.717, 1.165) is 5.56 Å². The molecule has 2 rings (SSSR count). The van der Waals surface area contributed by atoms with Gasteiger partial charge in [0.2, 0.25) is 0 Å². The summed E-state index contributed by atoms with van der Waals surface area (Å²) in [6, 6.07) is 4.62. The molecule has 0 atom stereocenters. The van der Waals surface area contributed by atoms with E-state index in [2.05, 4.69) is 15.5 Å². The number of nitrogens with zero attached hydrogens (tertiary/aromatic N) is 4. The van der Waals surface area contributed by atoms with Gasteiger partial charge in [-0.15, -0.1) is 5.10 Å². The van der Waals surface area contributed by atoms with Gasteiger partial charge in [0.15, 0.2) is 5.82 Å². The van der Waals surface area contributed by atoms with Crippen LogP contribution >= 0.6 is 0 Å². The molecule has 0 fully saturated rings. The second kappa shape index (κ2) is 4.99. The number of halogens is 1. The van der Waals surface area contributed by atoms with Crippen LogP contribution in [-0.2, 0) is 11.3 Å². The van der Waals surface area contributed by atoms with Crippen LogP contribution in [0, 0.1) is 18.2 Å². The number of rotatable bonds is 4. The van der Waals surface area contributed by atoms with E-state index in [1.165, 1.54) is 10.7 Å². The fourth-order valence-electron chi connectivity index (χ4n) is 1.76. The molecule has 7 heteroatoms. The molecule has 0 spiro atoms. The molecular weight excluding hydrogens is 263 g/mol. The minimum atomic E-state index is -1.05. The van der Waals surface area contributed by atoms with Gasteiger partial charge in [-0.1, -0.05) is 11.6 Å². The maximum absolute atomic E-state index is 13.9. The normalized spacial score (nSPS) is 11.6. The number of carboxylic acids is 1. The number of aromatic nitrogens is 4. The van der Waals surface area contributed by atoms with E-state index in [1.807, 2.05) is 6.92 Å². The van der Waals surface area contributed by atoms with Crippen molar-refractivity contribution in [3.05, 3.63) is 29.6 Å². The van der Waals surface area contributed by atoms with E-state index in [9.17, 15) is 9.18 Å². The molecule has 0 amide bonds. The number of benzene rings is 1. The summed E-state index contributed by atoms with van der Waals surface area (Å²) in [5.41, 5.74) is 0.0781. The lowest BCUT2D eigenvalue weighted by atomic mass is 9.94. The zero-order valence-corrected chi connectivity index (χ0v) is 11.5. The smallest absolute Gasteiger partial charge is 0.310 e. The Balaban J connectivity index is 2.43. The third kappa shape index (κ3) is 2.66. The van der Waals surface area contributed by atoms with Crippen molar-refractivity contribution in [3.8, 4) is 11.4 Å². The van der Waals surface area contributed by atoms with E-state index in [4.69, 9.17) is 5.11 Å². The van der Waals surface area contributed by atoms with Crippen LogP contribution in [0.1, 0.15) is 19.4 Å². The van der Waals surface area contributed by atoms with Crippen molar-refractivity contribution >= 4 is 5.97 Å². The van der Waals surface area contributed by atoms with Crippen LogP contribution in [0.2, 0.25) is 0 Å². The Hall–Kier alpha value is -2.31. The molecule has 1 aromatic carbocycles. The molecule has 20 heavy (non-hydrogen) atoms. The summed E-state index contributed by atoms with van der Waals surface area (Å²) in [7, 11) is 0. The van der Waals surface area contributed by atoms with Gasteiger partial charge in [-0.05, 0) is 43.3 Å². The van der Waals surface area contributed by atoms with E-state index in [-0.39, 0.29) is 17.9 Å². The summed E-state index contributed by atoms with van der Waals surface area (Å²) in [6.07, 6.45) is 0. The SMILES string of the molecule is Cc1ccc(F)c(-c2nnnn2CC(C)(C)C(=O)O)c1. The van der Waals surface area contributed by atoms with Gasteiger partial charge in [-0.2, -0.15) is 0 Å². The maximum atomic E-state index is 13.9. The van der Waals surface area contributed by atoms with Crippen LogP contribution in [0.25, 0.3) is 11.4 Å². The average Bonchev–Trinajstić information content (AvgIpc) is 2.79. The van der Waals surface area contributed by atoms with Gasteiger partial charge in [-0.3, -0.25) is 4.79 Å². The number of aryl methyl sites for hydroxylation is 1. The molecule has 1 aromatic heterocycles. The standard InChI is InChI=1S/C13H15FN4O2/c1-8-4-5-10(14)9(6-8)11-15-16-17-18(11)7-13(2,3)12(19)20/h4-6H,7H2,1-3H3,(H,19,20). The van der Waals surface area contributed by atoms with Crippen LogP contribution < -0.4 is 0 Å².